The van der Waals surface area contributed by atoms with Gasteiger partial charge in [0.05, 0.1) is 0 Å². The van der Waals surface area contributed by atoms with E-state index >= 15 is 0 Å². The Hall–Kier alpha value is -1.73. The maximum Gasteiger partial charge on any atom is 0.0488 e. The maximum absolute atomic E-state index is 5.91. The third-order valence-electron chi connectivity index (χ3n) is 3.09. The minimum Gasteiger partial charge on any atom is -0.344 e. The average Bonchev–Trinajstić information content (AvgIpc) is 2.69. The molecule has 0 unspecified atom stereocenters. The summed E-state index contributed by atoms with van der Waals surface area (Å²) in [6.45, 7) is 0. The van der Waals surface area contributed by atoms with Crippen molar-refractivity contribution in [3.05, 3.63) is 59.6 Å². The molecule has 17 heavy (non-hydrogen) atoms. The molecule has 0 saturated carbocycles. The van der Waals surface area contributed by atoms with E-state index in [0.29, 0.717) is 0 Å². The van der Waals surface area contributed by atoms with Crippen molar-refractivity contribution in [1.29, 1.82) is 0 Å². The number of halogens is 1. The fourth-order valence-corrected chi connectivity index (χ4v) is 2.31. The number of benzene rings is 2. The zero-order chi connectivity index (χ0) is 11.8. The van der Waals surface area contributed by atoms with Gasteiger partial charge in [-0.05, 0) is 29.8 Å². The molecule has 0 radical (unpaired) electrons. The van der Waals surface area contributed by atoms with Gasteiger partial charge in [-0.25, -0.2) is 0 Å². The molecule has 0 amide bonds. The molecule has 1 aromatic heterocycles. The number of aryl methyl sites for hydroxylation is 1. The van der Waals surface area contributed by atoms with Crippen LogP contribution in [-0.2, 0) is 7.05 Å². The van der Waals surface area contributed by atoms with Gasteiger partial charge in [0.1, 0.15) is 0 Å². The molecule has 2 heteroatoms. The summed E-state index contributed by atoms with van der Waals surface area (Å²) in [5.41, 5.74) is 3.65. The van der Waals surface area contributed by atoms with Crippen LogP contribution in [0.4, 0.5) is 0 Å². The third-order valence-corrected chi connectivity index (χ3v) is 3.34. The first-order chi connectivity index (χ1) is 8.25. The first kappa shape index (κ1) is 10.4. The van der Waals surface area contributed by atoms with Crippen LogP contribution in [0.25, 0.3) is 22.2 Å². The Labute approximate surface area is 105 Å². The SMILES string of the molecule is Cn1c(-c2ccc(Cl)cc2)cc2ccccc21. The molecular weight excluding hydrogens is 230 g/mol. The van der Waals surface area contributed by atoms with E-state index in [9.17, 15) is 0 Å². The summed E-state index contributed by atoms with van der Waals surface area (Å²) in [5, 5.41) is 2.03. The highest BCUT2D eigenvalue weighted by Gasteiger charge is 2.06. The van der Waals surface area contributed by atoms with E-state index in [1.807, 2.05) is 12.1 Å². The number of hydrogen-bond acceptors (Lipinski definition) is 0. The van der Waals surface area contributed by atoms with Gasteiger partial charge in [-0.1, -0.05) is 41.9 Å². The number of nitrogens with zero attached hydrogens (tertiary/aromatic N) is 1. The van der Waals surface area contributed by atoms with Crippen LogP contribution in [0.2, 0.25) is 5.02 Å². The Morgan fingerprint density at radius 2 is 1.65 bits per heavy atom. The molecule has 0 N–H and O–H groups in total. The van der Waals surface area contributed by atoms with Gasteiger partial charge in [-0.3, -0.25) is 0 Å². The van der Waals surface area contributed by atoms with Gasteiger partial charge in [0.15, 0.2) is 0 Å². The van der Waals surface area contributed by atoms with Crippen molar-refractivity contribution in [2.45, 2.75) is 0 Å². The number of aromatic nitrogens is 1. The molecule has 1 nitrogen and oxygen atoms in total. The molecule has 1 heterocycles. The lowest BCUT2D eigenvalue weighted by Gasteiger charge is -2.04. The molecule has 0 atom stereocenters. The molecule has 0 fully saturated rings. The Morgan fingerprint density at radius 3 is 2.35 bits per heavy atom. The topological polar surface area (TPSA) is 4.93 Å². The van der Waals surface area contributed by atoms with Crippen molar-refractivity contribution in [2.24, 2.45) is 7.05 Å². The van der Waals surface area contributed by atoms with Gasteiger partial charge in [0.25, 0.3) is 0 Å². The molecule has 0 aliphatic carbocycles. The van der Waals surface area contributed by atoms with E-state index in [4.69, 9.17) is 11.6 Å². The largest absolute Gasteiger partial charge is 0.344 e. The molecule has 3 rings (SSSR count). The van der Waals surface area contributed by atoms with Crippen LogP contribution in [0, 0.1) is 0 Å². The predicted octanol–water partition coefficient (Wildman–Crippen LogP) is 4.50. The van der Waals surface area contributed by atoms with E-state index in [-0.39, 0.29) is 0 Å². The fourth-order valence-electron chi connectivity index (χ4n) is 2.19. The van der Waals surface area contributed by atoms with Gasteiger partial charge in [0.2, 0.25) is 0 Å². The fraction of sp³-hybridized carbons (Fsp3) is 0.0667. The Kier molecular flexibility index (Phi) is 2.41. The van der Waals surface area contributed by atoms with Crippen molar-refractivity contribution in [3.63, 3.8) is 0 Å². The Morgan fingerprint density at radius 1 is 0.941 bits per heavy atom. The zero-order valence-corrected chi connectivity index (χ0v) is 10.3. The Balaban J connectivity index is 2.24. The number of fused-ring (bicyclic) bond motifs is 1. The molecule has 0 aliphatic rings. The van der Waals surface area contributed by atoms with Crippen LogP contribution in [0.5, 0.6) is 0 Å². The summed E-state index contributed by atoms with van der Waals surface area (Å²) in [6, 6.07) is 18.6. The molecule has 0 aliphatic heterocycles. The van der Waals surface area contributed by atoms with E-state index in [0.717, 1.165) is 5.02 Å². The standard InChI is InChI=1S/C15H12ClN/c1-17-14-5-3-2-4-12(14)10-15(17)11-6-8-13(16)9-7-11/h2-10H,1H3. The molecule has 0 saturated heterocycles. The maximum atomic E-state index is 5.91. The summed E-state index contributed by atoms with van der Waals surface area (Å²) in [5.74, 6) is 0. The second kappa shape index (κ2) is 3.94. The molecule has 3 aromatic rings. The molecule has 84 valence electrons. The summed E-state index contributed by atoms with van der Waals surface area (Å²) >= 11 is 5.91. The number of rotatable bonds is 1. The van der Waals surface area contributed by atoms with Crippen molar-refractivity contribution in [1.82, 2.24) is 4.57 Å². The van der Waals surface area contributed by atoms with Crippen molar-refractivity contribution in [3.8, 4) is 11.3 Å². The summed E-state index contributed by atoms with van der Waals surface area (Å²) < 4.78 is 2.21. The van der Waals surface area contributed by atoms with Gasteiger partial charge in [-0.2, -0.15) is 0 Å². The van der Waals surface area contributed by atoms with Crippen LogP contribution >= 0.6 is 11.6 Å². The molecular formula is C15H12ClN. The van der Waals surface area contributed by atoms with Crippen LogP contribution in [-0.4, -0.2) is 4.57 Å². The second-order valence-electron chi connectivity index (χ2n) is 4.15. The lowest BCUT2D eigenvalue weighted by atomic mass is 10.1. The minimum atomic E-state index is 0.771. The van der Waals surface area contributed by atoms with Gasteiger partial charge in [0, 0.05) is 28.7 Å². The third kappa shape index (κ3) is 1.73. The summed E-state index contributed by atoms with van der Waals surface area (Å²) in [6.07, 6.45) is 0. The quantitative estimate of drug-likeness (QED) is 0.591. The molecule has 0 bridgehead atoms. The first-order valence-corrected chi connectivity index (χ1v) is 5.94. The van der Waals surface area contributed by atoms with E-state index in [2.05, 4.69) is 54.1 Å². The smallest absolute Gasteiger partial charge is 0.0488 e. The van der Waals surface area contributed by atoms with E-state index < -0.39 is 0 Å². The summed E-state index contributed by atoms with van der Waals surface area (Å²) in [7, 11) is 2.09. The lowest BCUT2D eigenvalue weighted by molar-refractivity contribution is 0.978. The first-order valence-electron chi connectivity index (χ1n) is 5.56. The van der Waals surface area contributed by atoms with Crippen molar-refractivity contribution >= 4 is 22.5 Å². The predicted molar refractivity (Wildman–Crippen MR) is 73.4 cm³/mol. The highest BCUT2D eigenvalue weighted by Crippen LogP contribution is 2.27. The zero-order valence-electron chi connectivity index (χ0n) is 9.52. The average molecular weight is 242 g/mol. The number of hydrogen-bond donors (Lipinski definition) is 0. The normalized spacial score (nSPS) is 10.9. The molecule has 0 spiro atoms. The van der Waals surface area contributed by atoms with E-state index in [1.165, 1.54) is 22.2 Å². The van der Waals surface area contributed by atoms with Crippen molar-refractivity contribution in [2.75, 3.05) is 0 Å². The lowest BCUT2D eigenvalue weighted by Crippen LogP contribution is -1.90. The second-order valence-corrected chi connectivity index (χ2v) is 4.59. The molecule has 2 aromatic carbocycles. The Bertz CT molecular complexity index is 665. The van der Waals surface area contributed by atoms with Crippen molar-refractivity contribution < 1.29 is 0 Å². The summed E-state index contributed by atoms with van der Waals surface area (Å²) in [4.78, 5) is 0. The van der Waals surface area contributed by atoms with Gasteiger partial charge in [-0.15, -0.1) is 0 Å². The van der Waals surface area contributed by atoms with Crippen LogP contribution in [0.1, 0.15) is 0 Å². The van der Waals surface area contributed by atoms with Gasteiger partial charge < -0.3 is 4.57 Å². The number of para-hydroxylation sites is 1. The monoisotopic (exact) mass is 241 g/mol. The van der Waals surface area contributed by atoms with Crippen LogP contribution < -0.4 is 0 Å². The highest BCUT2D eigenvalue weighted by molar-refractivity contribution is 6.30. The van der Waals surface area contributed by atoms with Crippen LogP contribution in [0.15, 0.2) is 54.6 Å². The minimum absolute atomic E-state index is 0.771. The van der Waals surface area contributed by atoms with Gasteiger partial charge >= 0.3 is 0 Å². The van der Waals surface area contributed by atoms with E-state index in [1.54, 1.807) is 0 Å². The van der Waals surface area contributed by atoms with Crippen LogP contribution in [0.3, 0.4) is 0 Å². The highest BCUT2D eigenvalue weighted by atomic mass is 35.5.